The summed E-state index contributed by atoms with van der Waals surface area (Å²) < 4.78 is 5.17. The van der Waals surface area contributed by atoms with E-state index in [1.807, 2.05) is 60.8 Å². The Kier molecular flexibility index (Phi) is 5.46. The number of rotatable bonds is 6. The average molecular weight is 352 g/mol. The number of benzene rings is 2. The Balaban J connectivity index is 1.54. The van der Waals surface area contributed by atoms with E-state index in [2.05, 4.69) is 10.3 Å². The van der Waals surface area contributed by atoms with Gasteiger partial charge in [-0.2, -0.15) is 0 Å². The lowest BCUT2D eigenvalue weighted by Crippen LogP contribution is -2.25. The fourth-order valence-electron chi connectivity index (χ4n) is 2.40. The molecule has 0 saturated heterocycles. The second-order valence-corrected chi connectivity index (χ2v) is 6.60. The van der Waals surface area contributed by atoms with Crippen LogP contribution in [0.4, 0.5) is 0 Å². The molecule has 1 amide bonds. The summed E-state index contributed by atoms with van der Waals surface area (Å²) in [6.07, 6.45) is 0.713. The first-order valence-electron chi connectivity index (χ1n) is 8.09. The number of thiazole rings is 1. The lowest BCUT2D eigenvalue weighted by molar-refractivity contribution is 0.0954. The van der Waals surface area contributed by atoms with Gasteiger partial charge in [0.05, 0.1) is 12.8 Å². The first kappa shape index (κ1) is 17.2. The highest BCUT2D eigenvalue weighted by atomic mass is 32.1. The number of aryl methyl sites for hydroxylation is 1. The van der Waals surface area contributed by atoms with E-state index in [1.54, 1.807) is 18.4 Å². The predicted octanol–water partition coefficient (Wildman–Crippen LogP) is 4.10. The third kappa shape index (κ3) is 4.45. The van der Waals surface area contributed by atoms with Gasteiger partial charge in [-0.15, -0.1) is 11.3 Å². The molecular formula is C20H20N2O2S. The van der Waals surface area contributed by atoms with Crippen LogP contribution in [0.2, 0.25) is 0 Å². The van der Waals surface area contributed by atoms with Gasteiger partial charge in [0.2, 0.25) is 0 Å². The highest BCUT2D eigenvalue weighted by Gasteiger charge is 2.07. The van der Waals surface area contributed by atoms with Crippen molar-refractivity contribution < 1.29 is 9.53 Å². The van der Waals surface area contributed by atoms with Gasteiger partial charge in [-0.1, -0.05) is 17.7 Å². The second kappa shape index (κ2) is 7.94. The summed E-state index contributed by atoms with van der Waals surface area (Å²) in [5.74, 6) is 0.782. The van der Waals surface area contributed by atoms with Crippen molar-refractivity contribution in [3.63, 3.8) is 0 Å². The van der Waals surface area contributed by atoms with E-state index in [1.165, 1.54) is 0 Å². The maximum absolute atomic E-state index is 12.1. The summed E-state index contributed by atoms with van der Waals surface area (Å²) in [6.45, 7) is 2.57. The Labute approximate surface area is 151 Å². The monoisotopic (exact) mass is 352 g/mol. The smallest absolute Gasteiger partial charge is 0.251 e. The van der Waals surface area contributed by atoms with Crippen LogP contribution in [0.15, 0.2) is 53.9 Å². The summed E-state index contributed by atoms with van der Waals surface area (Å²) in [5, 5.41) is 5.95. The minimum atomic E-state index is -0.0504. The van der Waals surface area contributed by atoms with Gasteiger partial charge in [0.1, 0.15) is 10.8 Å². The zero-order chi connectivity index (χ0) is 17.6. The Morgan fingerprint density at radius 2 is 1.84 bits per heavy atom. The molecule has 4 nitrogen and oxygen atoms in total. The minimum Gasteiger partial charge on any atom is -0.497 e. The molecule has 0 fully saturated rings. The van der Waals surface area contributed by atoms with E-state index in [0.29, 0.717) is 18.5 Å². The number of methoxy groups -OCH3 is 1. The van der Waals surface area contributed by atoms with Gasteiger partial charge in [0.15, 0.2) is 0 Å². The van der Waals surface area contributed by atoms with Crippen LogP contribution in [0.5, 0.6) is 5.75 Å². The molecule has 0 aliphatic rings. The quantitative estimate of drug-likeness (QED) is 0.727. The van der Waals surface area contributed by atoms with Crippen LogP contribution >= 0.6 is 11.3 Å². The number of nitrogens with zero attached hydrogens (tertiary/aromatic N) is 1. The van der Waals surface area contributed by atoms with Gasteiger partial charge >= 0.3 is 0 Å². The van der Waals surface area contributed by atoms with E-state index < -0.39 is 0 Å². The molecule has 128 valence electrons. The number of ether oxygens (including phenoxy) is 1. The van der Waals surface area contributed by atoms with Crippen molar-refractivity contribution in [2.45, 2.75) is 13.3 Å². The Hall–Kier alpha value is -2.66. The molecule has 1 heterocycles. The number of hydrogen-bond acceptors (Lipinski definition) is 4. The summed E-state index contributed by atoms with van der Waals surface area (Å²) >= 11 is 1.61. The minimum absolute atomic E-state index is 0.0504. The van der Waals surface area contributed by atoms with Crippen molar-refractivity contribution in [1.29, 1.82) is 0 Å². The second-order valence-electron chi connectivity index (χ2n) is 5.74. The van der Waals surface area contributed by atoms with Crippen LogP contribution in [0.25, 0.3) is 10.6 Å². The highest BCUT2D eigenvalue weighted by Crippen LogP contribution is 2.25. The van der Waals surface area contributed by atoms with Crippen LogP contribution in [-0.2, 0) is 6.42 Å². The summed E-state index contributed by atoms with van der Waals surface area (Å²) in [7, 11) is 1.65. The van der Waals surface area contributed by atoms with Gasteiger partial charge in [-0.05, 0) is 43.3 Å². The van der Waals surface area contributed by atoms with Gasteiger partial charge in [-0.25, -0.2) is 4.98 Å². The van der Waals surface area contributed by atoms with Gasteiger partial charge in [0.25, 0.3) is 5.91 Å². The van der Waals surface area contributed by atoms with Crippen molar-refractivity contribution in [1.82, 2.24) is 10.3 Å². The average Bonchev–Trinajstić information content (AvgIpc) is 3.11. The van der Waals surface area contributed by atoms with Crippen LogP contribution in [0.1, 0.15) is 21.6 Å². The normalized spacial score (nSPS) is 10.5. The molecule has 1 aromatic heterocycles. The zero-order valence-corrected chi connectivity index (χ0v) is 15.1. The standard InChI is InChI=1S/C20H20N2O2S/c1-14-3-5-15(6-4-14)19(23)21-12-11-17-13-25-20(22-17)16-7-9-18(24-2)10-8-16/h3-10,13H,11-12H2,1-2H3,(H,21,23). The van der Waals surface area contributed by atoms with Crippen LogP contribution in [-0.4, -0.2) is 24.5 Å². The molecule has 0 bridgehead atoms. The van der Waals surface area contributed by atoms with E-state index in [4.69, 9.17) is 4.74 Å². The van der Waals surface area contributed by atoms with Crippen LogP contribution in [0, 0.1) is 6.92 Å². The fraction of sp³-hybridized carbons (Fsp3) is 0.200. The molecule has 0 aliphatic heterocycles. The summed E-state index contributed by atoms with van der Waals surface area (Å²) in [4.78, 5) is 16.7. The maximum Gasteiger partial charge on any atom is 0.251 e. The van der Waals surface area contributed by atoms with E-state index in [0.717, 1.165) is 27.6 Å². The SMILES string of the molecule is COc1ccc(-c2nc(CCNC(=O)c3ccc(C)cc3)cs2)cc1. The van der Waals surface area contributed by atoms with E-state index in [9.17, 15) is 4.79 Å². The number of nitrogens with one attached hydrogen (secondary N) is 1. The number of amides is 1. The van der Waals surface area contributed by atoms with E-state index in [-0.39, 0.29) is 5.91 Å². The number of aromatic nitrogens is 1. The molecule has 3 aromatic rings. The largest absolute Gasteiger partial charge is 0.497 e. The molecule has 0 radical (unpaired) electrons. The third-order valence-corrected chi connectivity index (χ3v) is 4.81. The molecule has 0 unspecified atom stereocenters. The first-order valence-corrected chi connectivity index (χ1v) is 8.97. The van der Waals surface area contributed by atoms with Crippen molar-refractivity contribution in [3.05, 3.63) is 70.7 Å². The third-order valence-electron chi connectivity index (χ3n) is 3.87. The van der Waals surface area contributed by atoms with Gasteiger partial charge in [-0.3, -0.25) is 4.79 Å². The van der Waals surface area contributed by atoms with Crippen molar-refractivity contribution >= 4 is 17.2 Å². The molecule has 1 N–H and O–H groups in total. The molecule has 2 aromatic carbocycles. The maximum atomic E-state index is 12.1. The van der Waals surface area contributed by atoms with Crippen LogP contribution < -0.4 is 10.1 Å². The van der Waals surface area contributed by atoms with Crippen molar-refractivity contribution in [3.8, 4) is 16.3 Å². The van der Waals surface area contributed by atoms with Crippen molar-refractivity contribution in [2.24, 2.45) is 0 Å². The number of carbonyl (C=O) groups is 1. The highest BCUT2D eigenvalue weighted by molar-refractivity contribution is 7.13. The molecule has 0 saturated carbocycles. The Morgan fingerprint density at radius 1 is 1.12 bits per heavy atom. The first-order chi connectivity index (χ1) is 12.2. The predicted molar refractivity (Wildman–Crippen MR) is 101 cm³/mol. The fourth-order valence-corrected chi connectivity index (χ4v) is 3.26. The number of hydrogen-bond donors (Lipinski definition) is 1. The molecule has 0 atom stereocenters. The van der Waals surface area contributed by atoms with Crippen molar-refractivity contribution in [2.75, 3.05) is 13.7 Å². The molecule has 25 heavy (non-hydrogen) atoms. The van der Waals surface area contributed by atoms with Gasteiger partial charge in [0, 0.05) is 29.5 Å². The zero-order valence-electron chi connectivity index (χ0n) is 14.3. The van der Waals surface area contributed by atoms with Gasteiger partial charge < -0.3 is 10.1 Å². The molecule has 5 heteroatoms. The lowest BCUT2D eigenvalue weighted by Gasteiger charge is -2.04. The van der Waals surface area contributed by atoms with Crippen LogP contribution in [0.3, 0.4) is 0 Å². The summed E-state index contributed by atoms with van der Waals surface area (Å²) in [6, 6.07) is 15.4. The Bertz CT molecular complexity index is 839. The van der Waals surface area contributed by atoms with E-state index >= 15 is 0 Å². The Morgan fingerprint density at radius 3 is 2.52 bits per heavy atom. The topological polar surface area (TPSA) is 51.2 Å². The summed E-state index contributed by atoms with van der Waals surface area (Å²) in [5.41, 5.74) is 3.88. The molecule has 0 spiro atoms. The molecule has 0 aliphatic carbocycles. The number of carbonyl (C=O) groups excluding carboxylic acids is 1. The molecular weight excluding hydrogens is 332 g/mol. The lowest BCUT2D eigenvalue weighted by atomic mass is 10.1. The molecule has 3 rings (SSSR count).